The van der Waals surface area contributed by atoms with Crippen molar-refractivity contribution in [3.05, 3.63) is 29.8 Å². The quantitative estimate of drug-likeness (QED) is 0.744. The second-order valence-corrected chi connectivity index (χ2v) is 5.94. The largest absolute Gasteiger partial charge is 0.497 e. The number of rotatable bonds is 8. The van der Waals surface area contributed by atoms with E-state index in [1.165, 1.54) is 5.56 Å². The van der Waals surface area contributed by atoms with Crippen LogP contribution in [0.4, 0.5) is 0 Å². The van der Waals surface area contributed by atoms with Gasteiger partial charge >= 0.3 is 0 Å². The molecule has 0 radical (unpaired) electrons. The van der Waals surface area contributed by atoms with Crippen LogP contribution in [-0.2, 0) is 16.0 Å². The van der Waals surface area contributed by atoms with Crippen LogP contribution in [0.5, 0.6) is 5.75 Å². The number of piperidine rings is 1. The minimum absolute atomic E-state index is 0.237. The zero-order valence-corrected chi connectivity index (χ0v) is 14.0. The van der Waals surface area contributed by atoms with E-state index in [4.69, 9.17) is 15.2 Å². The molecular formula is C18H28N2O3. The molecule has 5 heteroatoms. The molecule has 0 aliphatic carbocycles. The minimum atomic E-state index is 0.237. The van der Waals surface area contributed by atoms with Crippen molar-refractivity contribution in [1.29, 1.82) is 0 Å². The fourth-order valence-corrected chi connectivity index (χ4v) is 2.81. The van der Waals surface area contributed by atoms with Gasteiger partial charge in [-0.3, -0.25) is 4.79 Å². The van der Waals surface area contributed by atoms with Crippen molar-refractivity contribution in [2.45, 2.75) is 38.2 Å². The summed E-state index contributed by atoms with van der Waals surface area (Å²) in [6.45, 7) is 3.00. The Morgan fingerprint density at radius 3 is 2.57 bits per heavy atom. The van der Waals surface area contributed by atoms with Crippen LogP contribution in [0.1, 0.15) is 31.2 Å². The van der Waals surface area contributed by atoms with Gasteiger partial charge in [-0.2, -0.15) is 0 Å². The van der Waals surface area contributed by atoms with E-state index in [-0.39, 0.29) is 12.0 Å². The van der Waals surface area contributed by atoms with E-state index in [0.717, 1.165) is 51.1 Å². The smallest absolute Gasteiger partial charge is 0.222 e. The number of hydrogen-bond acceptors (Lipinski definition) is 4. The molecule has 128 valence electrons. The molecule has 1 fully saturated rings. The lowest BCUT2D eigenvalue weighted by atomic mass is 10.1. The highest BCUT2D eigenvalue weighted by Gasteiger charge is 2.22. The number of nitrogens with two attached hydrogens (primary N) is 1. The number of likely N-dealkylation sites (tertiary alicyclic amines) is 1. The van der Waals surface area contributed by atoms with Gasteiger partial charge in [0.15, 0.2) is 0 Å². The Hall–Kier alpha value is -1.59. The predicted molar refractivity (Wildman–Crippen MR) is 90.5 cm³/mol. The zero-order valence-electron chi connectivity index (χ0n) is 14.0. The Kier molecular flexibility index (Phi) is 7.36. The molecule has 1 aromatic carbocycles. The highest BCUT2D eigenvalue weighted by atomic mass is 16.5. The predicted octanol–water partition coefficient (Wildman–Crippen LogP) is 1.98. The number of carbonyl (C=O) groups excluding carboxylic acids is 1. The Morgan fingerprint density at radius 2 is 1.96 bits per heavy atom. The van der Waals surface area contributed by atoms with E-state index in [9.17, 15) is 4.79 Å². The summed E-state index contributed by atoms with van der Waals surface area (Å²) in [5, 5.41) is 0. The van der Waals surface area contributed by atoms with Gasteiger partial charge in [-0.25, -0.2) is 0 Å². The second kappa shape index (κ2) is 9.53. The van der Waals surface area contributed by atoms with Gasteiger partial charge in [0.25, 0.3) is 0 Å². The molecule has 1 saturated heterocycles. The van der Waals surface area contributed by atoms with E-state index in [1.807, 2.05) is 29.2 Å². The average molecular weight is 320 g/mol. The molecule has 0 atom stereocenters. The number of ether oxygens (including phenoxy) is 2. The summed E-state index contributed by atoms with van der Waals surface area (Å²) in [6, 6.07) is 7.90. The van der Waals surface area contributed by atoms with Crippen LogP contribution >= 0.6 is 0 Å². The van der Waals surface area contributed by atoms with Crippen LogP contribution in [0.25, 0.3) is 0 Å². The molecule has 5 nitrogen and oxygen atoms in total. The Labute approximate surface area is 138 Å². The topological polar surface area (TPSA) is 64.8 Å². The van der Waals surface area contributed by atoms with Crippen molar-refractivity contribution in [2.75, 3.05) is 33.4 Å². The molecule has 23 heavy (non-hydrogen) atoms. The molecule has 0 aromatic heterocycles. The summed E-state index contributed by atoms with van der Waals surface area (Å²) in [4.78, 5) is 14.3. The van der Waals surface area contributed by atoms with Gasteiger partial charge in [-0.15, -0.1) is 0 Å². The first-order valence-corrected chi connectivity index (χ1v) is 8.45. The van der Waals surface area contributed by atoms with Crippen LogP contribution < -0.4 is 10.5 Å². The number of amides is 1. The van der Waals surface area contributed by atoms with Crippen molar-refractivity contribution in [2.24, 2.45) is 5.73 Å². The zero-order chi connectivity index (χ0) is 16.5. The molecular weight excluding hydrogens is 292 g/mol. The van der Waals surface area contributed by atoms with Crippen LogP contribution in [0.15, 0.2) is 24.3 Å². The minimum Gasteiger partial charge on any atom is -0.497 e. The Balaban J connectivity index is 1.68. The highest BCUT2D eigenvalue weighted by Crippen LogP contribution is 2.17. The molecule has 0 unspecified atom stereocenters. The molecule has 0 spiro atoms. The number of aryl methyl sites for hydroxylation is 1. The van der Waals surface area contributed by atoms with Gasteiger partial charge in [-0.05, 0) is 49.9 Å². The van der Waals surface area contributed by atoms with Gasteiger partial charge in [0.2, 0.25) is 5.91 Å². The maximum absolute atomic E-state index is 12.3. The first-order valence-electron chi connectivity index (χ1n) is 8.45. The number of hydrogen-bond donors (Lipinski definition) is 1. The van der Waals surface area contributed by atoms with E-state index in [2.05, 4.69) is 0 Å². The third-order valence-corrected chi connectivity index (χ3v) is 4.28. The van der Waals surface area contributed by atoms with Crippen molar-refractivity contribution in [3.8, 4) is 5.75 Å². The summed E-state index contributed by atoms with van der Waals surface area (Å²) in [7, 11) is 1.65. The normalized spacial score (nSPS) is 15.7. The number of methoxy groups -OCH3 is 1. The fraction of sp³-hybridized carbons (Fsp3) is 0.611. The van der Waals surface area contributed by atoms with Gasteiger partial charge in [-0.1, -0.05) is 12.1 Å². The molecule has 2 rings (SSSR count). The van der Waals surface area contributed by atoms with Gasteiger partial charge < -0.3 is 20.1 Å². The molecule has 1 aliphatic heterocycles. The summed E-state index contributed by atoms with van der Waals surface area (Å²) < 4.78 is 10.9. The van der Waals surface area contributed by atoms with E-state index in [1.54, 1.807) is 7.11 Å². The lowest BCUT2D eigenvalue weighted by Crippen LogP contribution is -2.41. The van der Waals surface area contributed by atoms with Gasteiger partial charge in [0.1, 0.15) is 5.75 Å². The first-order chi connectivity index (χ1) is 11.2. The van der Waals surface area contributed by atoms with Crippen molar-refractivity contribution in [1.82, 2.24) is 4.90 Å². The third kappa shape index (κ3) is 5.84. The standard InChI is InChI=1S/C18H28N2O3/c1-22-16-6-3-15(4-7-16)5-8-18(21)20-12-9-17(10-13-20)23-14-2-11-19/h3-4,6-7,17H,2,5,8-14,19H2,1H3. The molecule has 1 aromatic rings. The van der Waals surface area contributed by atoms with E-state index >= 15 is 0 Å². The van der Waals surface area contributed by atoms with Gasteiger partial charge in [0, 0.05) is 26.1 Å². The summed E-state index contributed by atoms with van der Waals surface area (Å²) in [5.41, 5.74) is 6.63. The van der Waals surface area contributed by atoms with E-state index < -0.39 is 0 Å². The Bertz CT molecular complexity index is 468. The first kappa shape index (κ1) is 17.8. The third-order valence-electron chi connectivity index (χ3n) is 4.28. The average Bonchev–Trinajstić information content (AvgIpc) is 2.61. The summed E-state index contributed by atoms with van der Waals surface area (Å²) in [6.07, 6.45) is 4.38. The lowest BCUT2D eigenvalue weighted by molar-refractivity contribution is -0.133. The van der Waals surface area contributed by atoms with Gasteiger partial charge in [0.05, 0.1) is 13.2 Å². The molecule has 1 aliphatic rings. The molecule has 0 bridgehead atoms. The van der Waals surface area contributed by atoms with E-state index in [0.29, 0.717) is 13.0 Å². The monoisotopic (exact) mass is 320 g/mol. The molecule has 2 N–H and O–H groups in total. The molecule has 0 saturated carbocycles. The summed E-state index contributed by atoms with van der Waals surface area (Å²) >= 11 is 0. The SMILES string of the molecule is COc1ccc(CCC(=O)N2CCC(OCCCN)CC2)cc1. The maximum Gasteiger partial charge on any atom is 0.222 e. The van der Waals surface area contributed by atoms with Crippen LogP contribution in [0.2, 0.25) is 0 Å². The van der Waals surface area contributed by atoms with Crippen LogP contribution in [-0.4, -0.2) is 50.3 Å². The fourth-order valence-electron chi connectivity index (χ4n) is 2.81. The number of carbonyl (C=O) groups is 1. The molecule has 1 heterocycles. The van der Waals surface area contributed by atoms with Crippen molar-refractivity contribution >= 4 is 5.91 Å². The highest BCUT2D eigenvalue weighted by molar-refractivity contribution is 5.76. The molecule has 1 amide bonds. The van der Waals surface area contributed by atoms with Crippen LogP contribution in [0, 0.1) is 0 Å². The number of nitrogens with zero attached hydrogens (tertiary/aromatic N) is 1. The summed E-state index contributed by atoms with van der Waals surface area (Å²) in [5.74, 6) is 1.08. The number of benzene rings is 1. The second-order valence-electron chi connectivity index (χ2n) is 5.94. The van der Waals surface area contributed by atoms with Crippen molar-refractivity contribution < 1.29 is 14.3 Å². The Morgan fingerprint density at radius 1 is 1.26 bits per heavy atom. The van der Waals surface area contributed by atoms with Crippen LogP contribution in [0.3, 0.4) is 0 Å². The lowest BCUT2D eigenvalue weighted by Gasteiger charge is -2.32. The van der Waals surface area contributed by atoms with Crippen molar-refractivity contribution in [3.63, 3.8) is 0 Å². The maximum atomic E-state index is 12.3.